The van der Waals surface area contributed by atoms with Crippen LogP contribution in [0.1, 0.15) is 22.2 Å². The van der Waals surface area contributed by atoms with Crippen LogP contribution in [-0.4, -0.2) is 66.6 Å². The number of nitrogens with zero attached hydrogens (tertiary/aromatic N) is 4. The Balaban J connectivity index is 1.79. The van der Waals surface area contributed by atoms with E-state index in [1.807, 2.05) is 12.1 Å². The summed E-state index contributed by atoms with van der Waals surface area (Å²) in [6, 6.07) is 7.33. The maximum absolute atomic E-state index is 11.9. The van der Waals surface area contributed by atoms with Gasteiger partial charge in [0.05, 0.1) is 6.04 Å². The second kappa shape index (κ2) is 6.47. The largest absolute Gasteiger partial charge is 0.345 e. The number of likely N-dealkylation sites (N-methyl/N-ethyl adjacent to an activating group) is 1. The first kappa shape index (κ1) is 15.6. The van der Waals surface area contributed by atoms with E-state index in [-0.39, 0.29) is 11.9 Å². The molecular weight excluding hydrogens is 294 g/mol. The Morgan fingerprint density at radius 2 is 2.09 bits per heavy atom. The van der Waals surface area contributed by atoms with Crippen molar-refractivity contribution in [2.24, 2.45) is 0 Å². The van der Waals surface area contributed by atoms with Gasteiger partial charge in [0.1, 0.15) is 0 Å². The number of carbonyl (C=O) groups excluding carboxylic acids is 1. The van der Waals surface area contributed by atoms with Gasteiger partial charge in [-0.2, -0.15) is 4.98 Å². The van der Waals surface area contributed by atoms with Crippen LogP contribution >= 0.6 is 0 Å². The quantitative estimate of drug-likeness (QED) is 0.911. The first-order valence-corrected chi connectivity index (χ1v) is 7.63. The fraction of sp³-hybridized carbons (Fsp3) is 0.438. The molecule has 1 aromatic carbocycles. The lowest BCUT2D eigenvalue weighted by Crippen LogP contribution is -2.44. The summed E-state index contributed by atoms with van der Waals surface area (Å²) in [5.74, 6) is 1.13. The van der Waals surface area contributed by atoms with Crippen LogP contribution in [0.2, 0.25) is 0 Å². The summed E-state index contributed by atoms with van der Waals surface area (Å²) >= 11 is 0. The monoisotopic (exact) mass is 315 g/mol. The number of hydrogen-bond donors (Lipinski definition) is 1. The van der Waals surface area contributed by atoms with Gasteiger partial charge in [0, 0.05) is 44.9 Å². The minimum absolute atomic E-state index is 0.0299. The molecule has 1 atom stereocenters. The van der Waals surface area contributed by atoms with Gasteiger partial charge in [-0.15, -0.1) is 0 Å². The zero-order valence-electron chi connectivity index (χ0n) is 13.6. The minimum atomic E-state index is -0.0299. The van der Waals surface area contributed by atoms with E-state index in [0.29, 0.717) is 17.3 Å². The maximum atomic E-state index is 11.9. The van der Waals surface area contributed by atoms with Crippen molar-refractivity contribution < 1.29 is 9.32 Å². The van der Waals surface area contributed by atoms with Gasteiger partial charge in [-0.05, 0) is 31.3 Å². The first-order valence-electron chi connectivity index (χ1n) is 7.63. The fourth-order valence-electron chi connectivity index (χ4n) is 2.60. The topological polar surface area (TPSA) is 74.5 Å². The molecule has 7 nitrogen and oxygen atoms in total. The highest BCUT2D eigenvalue weighted by Crippen LogP contribution is 2.23. The van der Waals surface area contributed by atoms with E-state index in [1.165, 1.54) is 0 Å². The molecule has 1 aliphatic heterocycles. The number of nitrogens with one attached hydrogen (secondary N) is 1. The molecule has 122 valence electrons. The van der Waals surface area contributed by atoms with Crippen molar-refractivity contribution in [2.45, 2.75) is 6.04 Å². The molecule has 1 N–H and O–H groups in total. The predicted molar refractivity (Wildman–Crippen MR) is 86.0 cm³/mol. The van der Waals surface area contributed by atoms with Gasteiger partial charge >= 0.3 is 0 Å². The van der Waals surface area contributed by atoms with Crippen molar-refractivity contribution >= 4 is 5.91 Å². The van der Waals surface area contributed by atoms with Crippen molar-refractivity contribution in [3.05, 3.63) is 35.7 Å². The molecule has 0 saturated carbocycles. The summed E-state index contributed by atoms with van der Waals surface area (Å²) in [4.78, 5) is 20.2. The molecule has 1 aliphatic rings. The van der Waals surface area contributed by atoms with E-state index in [4.69, 9.17) is 4.52 Å². The summed E-state index contributed by atoms with van der Waals surface area (Å²) in [5.41, 5.74) is 1.44. The van der Waals surface area contributed by atoms with Crippen LogP contribution in [0.4, 0.5) is 0 Å². The van der Waals surface area contributed by atoms with Crippen LogP contribution in [-0.2, 0) is 0 Å². The molecular formula is C16H21N5O2. The third-order valence-corrected chi connectivity index (χ3v) is 4.04. The van der Waals surface area contributed by atoms with Crippen LogP contribution in [0.3, 0.4) is 0 Å². The molecule has 3 rings (SSSR count). The highest BCUT2D eigenvalue weighted by atomic mass is 16.5. The first-order chi connectivity index (χ1) is 11.1. The smallest absolute Gasteiger partial charge is 0.257 e. The zero-order chi connectivity index (χ0) is 16.4. The Morgan fingerprint density at radius 3 is 2.74 bits per heavy atom. The number of hydrogen-bond acceptors (Lipinski definition) is 6. The molecule has 2 aromatic rings. The Morgan fingerprint density at radius 1 is 1.35 bits per heavy atom. The molecule has 1 saturated heterocycles. The SMILES string of the molecule is CN(C)C(=O)c1ccc(-c2nc(C3CNCCN3C)no2)cc1. The highest BCUT2D eigenvalue weighted by molar-refractivity contribution is 5.94. The van der Waals surface area contributed by atoms with Crippen molar-refractivity contribution in [3.63, 3.8) is 0 Å². The number of aromatic nitrogens is 2. The molecule has 1 amide bonds. The van der Waals surface area contributed by atoms with Crippen LogP contribution in [0.25, 0.3) is 11.5 Å². The lowest BCUT2D eigenvalue weighted by Gasteiger charge is -2.30. The van der Waals surface area contributed by atoms with Gasteiger partial charge in [-0.3, -0.25) is 9.69 Å². The molecule has 1 fully saturated rings. The average Bonchev–Trinajstić information content (AvgIpc) is 3.04. The second-order valence-electron chi connectivity index (χ2n) is 5.94. The van der Waals surface area contributed by atoms with Crippen molar-refractivity contribution in [1.29, 1.82) is 0 Å². The third kappa shape index (κ3) is 3.25. The molecule has 0 aliphatic carbocycles. The Kier molecular flexibility index (Phi) is 4.40. The minimum Gasteiger partial charge on any atom is -0.345 e. The summed E-state index contributed by atoms with van der Waals surface area (Å²) in [5, 5.41) is 7.45. The van der Waals surface area contributed by atoms with E-state index < -0.39 is 0 Å². The van der Waals surface area contributed by atoms with E-state index in [9.17, 15) is 4.79 Å². The molecule has 1 aromatic heterocycles. The lowest BCUT2D eigenvalue weighted by molar-refractivity contribution is 0.0827. The van der Waals surface area contributed by atoms with Crippen molar-refractivity contribution in [1.82, 2.24) is 25.3 Å². The van der Waals surface area contributed by atoms with Gasteiger partial charge in [-0.25, -0.2) is 0 Å². The molecule has 23 heavy (non-hydrogen) atoms. The number of benzene rings is 1. The number of amides is 1. The van der Waals surface area contributed by atoms with Gasteiger partial charge in [-0.1, -0.05) is 5.16 Å². The van der Waals surface area contributed by atoms with Crippen LogP contribution in [0.15, 0.2) is 28.8 Å². The number of piperazine rings is 1. The van der Waals surface area contributed by atoms with E-state index in [2.05, 4.69) is 27.4 Å². The molecule has 0 radical (unpaired) electrons. The van der Waals surface area contributed by atoms with E-state index >= 15 is 0 Å². The maximum Gasteiger partial charge on any atom is 0.257 e. The molecule has 0 bridgehead atoms. The Hall–Kier alpha value is -2.25. The molecule has 0 spiro atoms. The average molecular weight is 315 g/mol. The van der Waals surface area contributed by atoms with Gasteiger partial charge in [0.2, 0.25) is 0 Å². The third-order valence-electron chi connectivity index (χ3n) is 4.04. The molecule has 1 unspecified atom stereocenters. The summed E-state index contributed by atoms with van der Waals surface area (Å²) in [6.07, 6.45) is 0. The summed E-state index contributed by atoms with van der Waals surface area (Å²) in [7, 11) is 5.52. The Bertz CT molecular complexity index is 680. The van der Waals surface area contributed by atoms with Gasteiger partial charge in [0.15, 0.2) is 5.82 Å². The highest BCUT2D eigenvalue weighted by Gasteiger charge is 2.25. The molecule has 2 heterocycles. The fourth-order valence-corrected chi connectivity index (χ4v) is 2.60. The van der Waals surface area contributed by atoms with Gasteiger partial charge in [0.25, 0.3) is 11.8 Å². The molecule has 7 heteroatoms. The number of rotatable bonds is 3. The predicted octanol–water partition coefficient (Wildman–Crippen LogP) is 1.01. The second-order valence-corrected chi connectivity index (χ2v) is 5.94. The van der Waals surface area contributed by atoms with E-state index in [0.717, 1.165) is 25.2 Å². The van der Waals surface area contributed by atoms with Crippen LogP contribution in [0, 0.1) is 0 Å². The van der Waals surface area contributed by atoms with Crippen LogP contribution < -0.4 is 5.32 Å². The normalized spacial score (nSPS) is 18.8. The summed E-state index contributed by atoms with van der Waals surface area (Å²) < 4.78 is 5.39. The summed E-state index contributed by atoms with van der Waals surface area (Å²) in [6.45, 7) is 2.74. The lowest BCUT2D eigenvalue weighted by atomic mass is 10.1. The zero-order valence-corrected chi connectivity index (χ0v) is 13.6. The standard InChI is InChI=1S/C16H21N5O2/c1-20(2)16(22)12-6-4-11(5-7-12)15-18-14(19-23-15)13-10-17-8-9-21(13)3/h4-7,13,17H,8-10H2,1-3H3. The number of carbonyl (C=O) groups is 1. The van der Waals surface area contributed by atoms with Crippen molar-refractivity contribution in [3.8, 4) is 11.5 Å². The van der Waals surface area contributed by atoms with Gasteiger partial charge < -0.3 is 14.7 Å². The van der Waals surface area contributed by atoms with Crippen molar-refractivity contribution in [2.75, 3.05) is 40.8 Å². The Labute approximate surface area is 135 Å². The van der Waals surface area contributed by atoms with Crippen LogP contribution in [0.5, 0.6) is 0 Å². The van der Waals surface area contributed by atoms with E-state index in [1.54, 1.807) is 31.1 Å².